The predicted molar refractivity (Wildman–Crippen MR) is 64.2 cm³/mol. The molecule has 0 aliphatic rings. The summed E-state index contributed by atoms with van der Waals surface area (Å²) in [6.45, 7) is 1.22. The fourth-order valence-corrected chi connectivity index (χ4v) is 1.39. The summed E-state index contributed by atoms with van der Waals surface area (Å²) in [5.41, 5.74) is -0.990. The third kappa shape index (κ3) is 4.76. The summed E-state index contributed by atoms with van der Waals surface area (Å²) in [4.78, 5) is 9.78. The van der Waals surface area contributed by atoms with Gasteiger partial charge >= 0.3 is 5.69 Å². The van der Waals surface area contributed by atoms with Crippen LogP contribution in [0.1, 0.15) is 0 Å². The van der Waals surface area contributed by atoms with Crippen molar-refractivity contribution in [1.82, 2.24) is 0 Å². The number of nitrogens with zero attached hydrogens (tertiary/aromatic N) is 1. The van der Waals surface area contributed by atoms with Gasteiger partial charge in [0.15, 0.2) is 0 Å². The van der Waals surface area contributed by atoms with E-state index < -0.39 is 22.2 Å². The first-order valence-electron chi connectivity index (χ1n) is 5.50. The summed E-state index contributed by atoms with van der Waals surface area (Å²) < 4.78 is 36.1. The summed E-state index contributed by atoms with van der Waals surface area (Å²) in [6, 6.07) is 1.34. The number of hydrogen-bond donors (Lipinski definition) is 1. The number of ether oxygens (including phenoxy) is 2. The van der Waals surface area contributed by atoms with Crippen LogP contribution in [0.15, 0.2) is 12.1 Å². The van der Waals surface area contributed by atoms with Crippen LogP contribution in [0.4, 0.5) is 20.2 Å². The van der Waals surface area contributed by atoms with Gasteiger partial charge in [-0.05, 0) is 0 Å². The topological polar surface area (TPSA) is 73.6 Å². The van der Waals surface area contributed by atoms with E-state index in [1.54, 1.807) is 0 Å². The molecule has 0 heterocycles. The molecule has 8 heteroatoms. The normalized spacial score (nSPS) is 10.5. The molecule has 106 valence electrons. The van der Waals surface area contributed by atoms with E-state index in [1.807, 2.05) is 0 Å². The van der Waals surface area contributed by atoms with Gasteiger partial charge in [-0.1, -0.05) is 0 Å². The smallest absolute Gasteiger partial charge is 0.327 e. The van der Waals surface area contributed by atoms with Crippen LogP contribution in [0.25, 0.3) is 0 Å². The molecular formula is C11H14F2N2O4. The quantitative estimate of drug-likeness (QED) is 0.446. The third-order valence-corrected chi connectivity index (χ3v) is 2.20. The molecule has 0 aliphatic carbocycles. The molecule has 0 aliphatic heterocycles. The van der Waals surface area contributed by atoms with Crippen molar-refractivity contribution in [1.29, 1.82) is 0 Å². The van der Waals surface area contributed by atoms with E-state index in [0.717, 1.165) is 6.07 Å². The first-order valence-corrected chi connectivity index (χ1v) is 5.50. The number of benzene rings is 1. The Kier molecular flexibility index (Phi) is 6.10. The van der Waals surface area contributed by atoms with Crippen molar-refractivity contribution >= 4 is 11.4 Å². The van der Waals surface area contributed by atoms with Crippen molar-refractivity contribution in [2.45, 2.75) is 0 Å². The second kappa shape index (κ2) is 7.59. The molecule has 0 aromatic heterocycles. The van der Waals surface area contributed by atoms with Gasteiger partial charge in [0.2, 0.25) is 5.82 Å². The number of methoxy groups -OCH3 is 1. The highest BCUT2D eigenvalue weighted by molar-refractivity contribution is 5.62. The van der Waals surface area contributed by atoms with Gasteiger partial charge in [0.25, 0.3) is 0 Å². The summed E-state index contributed by atoms with van der Waals surface area (Å²) >= 11 is 0. The fourth-order valence-electron chi connectivity index (χ4n) is 1.39. The van der Waals surface area contributed by atoms with Crippen molar-refractivity contribution in [3.8, 4) is 0 Å². The Morgan fingerprint density at radius 1 is 1.32 bits per heavy atom. The molecular weight excluding hydrogens is 262 g/mol. The molecule has 0 unspecified atom stereocenters. The highest BCUT2D eigenvalue weighted by atomic mass is 19.1. The SMILES string of the molecule is COCCOCCNc1cc(F)cc(F)c1[N+](=O)[O-]. The Labute approximate surface area is 108 Å². The second-order valence-corrected chi connectivity index (χ2v) is 3.57. The van der Waals surface area contributed by atoms with E-state index in [1.165, 1.54) is 7.11 Å². The lowest BCUT2D eigenvalue weighted by Crippen LogP contribution is -2.13. The Bertz CT molecular complexity index is 443. The van der Waals surface area contributed by atoms with Crippen LogP contribution in [0, 0.1) is 21.7 Å². The van der Waals surface area contributed by atoms with Crippen molar-refractivity contribution < 1.29 is 23.2 Å². The van der Waals surface area contributed by atoms with Crippen LogP contribution in [0.5, 0.6) is 0 Å². The molecule has 0 radical (unpaired) electrons. The molecule has 0 fully saturated rings. The zero-order valence-corrected chi connectivity index (χ0v) is 10.3. The van der Waals surface area contributed by atoms with Gasteiger partial charge in [0.05, 0.1) is 24.7 Å². The lowest BCUT2D eigenvalue weighted by molar-refractivity contribution is -0.386. The molecule has 0 spiro atoms. The monoisotopic (exact) mass is 276 g/mol. The summed E-state index contributed by atoms with van der Waals surface area (Å²) in [5.74, 6) is -2.10. The van der Waals surface area contributed by atoms with Crippen molar-refractivity contribution in [3.05, 3.63) is 33.9 Å². The first-order chi connectivity index (χ1) is 9.06. The van der Waals surface area contributed by atoms with Gasteiger partial charge in [-0.15, -0.1) is 0 Å². The minimum atomic E-state index is -1.21. The molecule has 19 heavy (non-hydrogen) atoms. The number of nitro groups is 1. The third-order valence-electron chi connectivity index (χ3n) is 2.20. The van der Waals surface area contributed by atoms with Crippen LogP contribution >= 0.6 is 0 Å². The molecule has 1 aromatic carbocycles. The highest BCUT2D eigenvalue weighted by Gasteiger charge is 2.21. The molecule has 6 nitrogen and oxygen atoms in total. The molecule has 1 N–H and O–H groups in total. The minimum Gasteiger partial charge on any atom is -0.382 e. The van der Waals surface area contributed by atoms with E-state index in [2.05, 4.69) is 5.32 Å². The van der Waals surface area contributed by atoms with Gasteiger partial charge in [0, 0.05) is 25.8 Å². The molecule has 0 atom stereocenters. The van der Waals surface area contributed by atoms with Crippen molar-refractivity contribution in [3.63, 3.8) is 0 Å². The Hall–Kier alpha value is -1.80. The fraction of sp³-hybridized carbons (Fsp3) is 0.455. The van der Waals surface area contributed by atoms with Crippen LogP contribution in [-0.2, 0) is 9.47 Å². The minimum absolute atomic E-state index is 0.188. The van der Waals surface area contributed by atoms with Gasteiger partial charge in [-0.2, -0.15) is 4.39 Å². The largest absolute Gasteiger partial charge is 0.382 e. The zero-order valence-electron chi connectivity index (χ0n) is 10.3. The summed E-state index contributed by atoms with van der Waals surface area (Å²) in [7, 11) is 1.53. The van der Waals surface area contributed by atoms with E-state index in [9.17, 15) is 18.9 Å². The average Bonchev–Trinajstić information content (AvgIpc) is 2.32. The van der Waals surface area contributed by atoms with Gasteiger partial charge in [0.1, 0.15) is 11.5 Å². The van der Waals surface area contributed by atoms with Crippen LogP contribution in [0.3, 0.4) is 0 Å². The number of rotatable bonds is 8. The van der Waals surface area contributed by atoms with Crippen LogP contribution < -0.4 is 5.32 Å². The number of anilines is 1. The molecule has 0 bridgehead atoms. The lowest BCUT2D eigenvalue weighted by Gasteiger charge is -2.08. The summed E-state index contributed by atoms with van der Waals surface area (Å²) in [5, 5.41) is 13.2. The molecule has 1 aromatic rings. The maximum atomic E-state index is 13.3. The zero-order chi connectivity index (χ0) is 14.3. The lowest BCUT2D eigenvalue weighted by atomic mass is 10.2. The van der Waals surface area contributed by atoms with E-state index in [-0.39, 0.29) is 18.8 Å². The molecule has 0 saturated heterocycles. The molecule has 0 saturated carbocycles. The first kappa shape index (κ1) is 15.3. The Morgan fingerprint density at radius 2 is 2.05 bits per heavy atom. The Balaban J connectivity index is 2.59. The van der Waals surface area contributed by atoms with E-state index in [0.29, 0.717) is 19.3 Å². The van der Waals surface area contributed by atoms with Gasteiger partial charge in [-0.3, -0.25) is 10.1 Å². The predicted octanol–water partition coefficient (Wildman–Crippen LogP) is 1.95. The highest BCUT2D eigenvalue weighted by Crippen LogP contribution is 2.28. The van der Waals surface area contributed by atoms with Gasteiger partial charge < -0.3 is 14.8 Å². The number of nitrogens with one attached hydrogen (secondary N) is 1. The van der Waals surface area contributed by atoms with E-state index in [4.69, 9.17) is 9.47 Å². The van der Waals surface area contributed by atoms with Crippen LogP contribution in [-0.4, -0.2) is 38.4 Å². The number of halogens is 2. The average molecular weight is 276 g/mol. The van der Waals surface area contributed by atoms with E-state index >= 15 is 0 Å². The maximum absolute atomic E-state index is 13.3. The van der Waals surface area contributed by atoms with Crippen LogP contribution in [0.2, 0.25) is 0 Å². The van der Waals surface area contributed by atoms with Crippen molar-refractivity contribution in [2.24, 2.45) is 0 Å². The molecule has 0 amide bonds. The molecule has 1 rings (SSSR count). The standard InChI is InChI=1S/C11H14F2N2O4/c1-18-4-5-19-3-2-14-10-7-8(12)6-9(13)11(10)15(16)17/h6-7,14H,2-5H2,1H3. The number of hydrogen-bond acceptors (Lipinski definition) is 5. The van der Waals surface area contributed by atoms with Gasteiger partial charge in [-0.25, -0.2) is 4.39 Å². The van der Waals surface area contributed by atoms with Crippen molar-refractivity contribution in [2.75, 3.05) is 38.8 Å². The summed E-state index contributed by atoms with van der Waals surface area (Å²) in [6.07, 6.45) is 0. The number of nitro benzene ring substituents is 1. The Morgan fingerprint density at radius 3 is 2.68 bits per heavy atom. The second-order valence-electron chi connectivity index (χ2n) is 3.57. The maximum Gasteiger partial charge on any atom is 0.327 e.